The largest absolute Gasteiger partial charge is 0.504 e. The molecule has 0 saturated carbocycles. The highest BCUT2D eigenvalue weighted by atomic mass is 127. The van der Waals surface area contributed by atoms with Gasteiger partial charge in [0.05, 0.1) is 37.7 Å². The zero-order valence-corrected chi connectivity index (χ0v) is 18.4. The molecule has 0 unspecified atom stereocenters. The quantitative estimate of drug-likeness (QED) is 0.440. The molecule has 3 rings (SSSR count). The predicted octanol–water partition coefficient (Wildman–Crippen LogP) is 4.55. The SMILES string of the molecule is CCOc1cc(C=C2C(=O)N(c3ccc(Cl)c(C(=O)O)c3)N=C2C)cc(I)c1O. The molecule has 150 valence electrons. The number of hydrazone groups is 1. The van der Waals surface area contributed by atoms with Crippen LogP contribution in [0.4, 0.5) is 5.69 Å². The average molecular weight is 527 g/mol. The summed E-state index contributed by atoms with van der Waals surface area (Å²) in [6.45, 7) is 3.88. The van der Waals surface area contributed by atoms with Gasteiger partial charge in [-0.25, -0.2) is 4.79 Å². The van der Waals surface area contributed by atoms with Crippen LogP contribution in [0.3, 0.4) is 0 Å². The Kier molecular flexibility index (Phi) is 6.13. The van der Waals surface area contributed by atoms with Crippen molar-refractivity contribution in [2.45, 2.75) is 13.8 Å². The van der Waals surface area contributed by atoms with Crippen molar-refractivity contribution in [3.63, 3.8) is 0 Å². The van der Waals surface area contributed by atoms with Crippen molar-refractivity contribution < 1.29 is 24.5 Å². The molecule has 0 atom stereocenters. The van der Waals surface area contributed by atoms with Crippen molar-refractivity contribution in [1.82, 2.24) is 0 Å². The van der Waals surface area contributed by atoms with Gasteiger partial charge in [0.25, 0.3) is 5.91 Å². The molecule has 1 heterocycles. The van der Waals surface area contributed by atoms with Crippen LogP contribution in [0.1, 0.15) is 29.8 Å². The van der Waals surface area contributed by atoms with Crippen molar-refractivity contribution in [2.75, 3.05) is 11.6 Å². The molecule has 0 saturated heterocycles. The Labute approximate surface area is 185 Å². The van der Waals surface area contributed by atoms with Gasteiger partial charge in [-0.05, 0) is 78.4 Å². The zero-order valence-electron chi connectivity index (χ0n) is 15.4. The van der Waals surface area contributed by atoms with E-state index in [9.17, 15) is 19.8 Å². The zero-order chi connectivity index (χ0) is 21.3. The summed E-state index contributed by atoms with van der Waals surface area (Å²) < 4.78 is 6.02. The molecule has 0 radical (unpaired) electrons. The van der Waals surface area contributed by atoms with E-state index in [1.807, 2.05) is 29.5 Å². The number of hydrogen-bond acceptors (Lipinski definition) is 5. The van der Waals surface area contributed by atoms with Gasteiger partial charge >= 0.3 is 5.97 Å². The molecular formula is C20H16ClIN2O5. The van der Waals surface area contributed by atoms with E-state index in [4.69, 9.17) is 16.3 Å². The van der Waals surface area contributed by atoms with E-state index in [0.717, 1.165) is 5.01 Å². The lowest BCUT2D eigenvalue weighted by Gasteiger charge is -2.13. The Morgan fingerprint density at radius 3 is 2.72 bits per heavy atom. The van der Waals surface area contributed by atoms with Crippen LogP contribution < -0.4 is 9.75 Å². The van der Waals surface area contributed by atoms with Gasteiger partial charge in [-0.3, -0.25) is 4.79 Å². The van der Waals surface area contributed by atoms with E-state index in [1.165, 1.54) is 18.2 Å². The Bertz CT molecular complexity index is 1080. The number of aromatic carboxylic acids is 1. The summed E-state index contributed by atoms with van der Waals surface area (Å²) >= 11 is 7.89. The van der Waals surface area contributed by atoms with Gasteiger partial charge < -0.3 is 14.9 Å². The fraction of sp³-hybridized carbons (Fsp3) is 0.150. The summed E-state index contributed by atoms with van der Waals surface area (Å²) in [6, 6.07) is 7.61. The summed E-state index contributed by atoms with van der Waals surface area (Å²) in [4.78, 5) is 24.2. The van der Waals surface area contributed by atoms with Crippen molar-refractivity contribution in [3.8, 4) is 11.5 Å². The number of carbonyl (C=O) groups excluding carboxylic acids is 1. The van der Waals surface area contributed by atoms with E-state index in [2.05, 4.69) is 5.10 Å². The van der Waals surface area contributed by atoms with Crippen LogP contribution >= 0.6 is 34.2 Å². The molecule has 7 nitrogen and oxygen atoms in total. The molecule has 1 aliphatic heterocycles. The highest BCUT2D eigenvalue weighted by Crippen LogP contribution is 2.34. The maximum atomic E-state index is 12.9. The molecule has 0 aliphatic carbocycles. The van der Waals surface area contributed by atoms with Crippen LogP contribution in [-0.4, -0.2) is 34.4 Å². The minimum absolute atomic E-state index is 0.0433. The lowest BCUT2D eigenvalue weighted by Crippen LogP contribution is -2.21. The predicted molar refractivity (Wildman–Crippen MR) is 119 cm³/mol. The Hall–Kier alpha value is -2.59. The van der Waals surface area contributed by atoms with Crippen LogP contribution in [0.5, 0.6) is 11.5 Å². The van der Waals surface area contributed by atoms with E-state index >= 15 is 0 Å². The number of ether oxygens (including phenoxy) is 1. The first-order valence-electron chi connectivity index (χ1n) is 8.52. The third kappa shape index (κ3) is 4.23. The summed E-state index contributed by atoms with van der Waals surface area (Å²) in [5.74, 6) is -1.22. The van der Waals surface area contributed by atoms with E-state index in [0.29, 0.717) is 38.5 Å². The fourth-order valence-electron chi connectivity index (χ4n) is 2.78. The average Bonchev–Trinajstić information content (AvgIpc) is 2.94. The number of rotatable bonds is 5. The third-order valence-electron chi connectivity index (χ3n) is 4.15. The van der Waals surface area contributed by atoms with Crippen LogP contribution in [0.25, 0.3) is 6.08 Å². The molecule has 2 aromatic rings. The molecule has 9 heteroatoms. The molecule has 0 fully saturated rings. The maximum absolute atomic E-state index is 12.9. The monoisotopic (exact) mass is 526 g/mol. The first-order valence-corrected chi connectivity index (χ1v) is 9.98. The highest BCUT2D eigenvalue weighted by molar-refractivity contribution is 14.1. The molecule has 2 aromatic carbocycles. The molecule has 0 bridgehead atoms. The van der Waals surface area contributed by atoms with E-state index in [-0.39, 0.29) is 16.3 Å². The minimum Gasteiger partial charge on any atom is -0.504 e. The summed E-state index contributed by atoms with van der Waals surface area (Å²) in [7, 11) is 0. The van der Waals surface area contributed by atoms with Gasteiger partial charge in [-0.1, -0.05) is 11.6 Å². The van der Waals surface area contributed by atoms with Gasteiger partial charge in [0.1, 0.15) is 0 Å². The number of hydrogen-bond donors (Lipinski definition) is 2. The minimum atomic E-state index is -1.19. The van der Waals surface area contributed by atoms with E-state index < -0.39 is 11.9 Å². The van der Waals surface area contributed by atoms with Crippen LogP contribution in [0.15, 0.2) is 41.0 Å². The number of aromatic hydroxyl groups is 1. The van der Waals surface area contributed by atoms with Crippen LogP contribution in [-0.2, 0) is 4.79 Å². The summed E-state index contributed by atoms with van der Waals surface area (Å²) in [5.41, 5.74) is 1.67. The molecule has 2 N–H and O–H groups in total. The van der Waals surface area contributed by atoms with Gasteiger partial charge in [0, 0.05) is 0 Å². The summed E-state index contributed by atoms with van der Waals surface area (Å²) in [6.07, 6.45) is 1.65. The lowest BCUT2D eigenvalue weighted by molar-refractivity contribution is -0.114. The first-order chi connectivity index (χ1) is 13.7. The van der Waals surface area contributed by atoms with Gasteiger partial charge in [-0.15, -0.1) is 0 Å². The number of carboxylic acids is 1. The van der Waals surface area contributed by atoms with Crippen molar-refractivity contribution in [1.29, 1.82) is 0 Å². The number of carbonyl (C=O) groups is 2. The standard InChI is InChI=1S/C20H16ClIN2O5/c1-3-29-17-8-11(7-16(22)18(17)25)6-13-10(2)23-24(19(13)26)12-4-5-15(21)14(9-12)20(27)28/h4-9,25H,3H2,1-2H3,(H,27,28). The second-order valence-electron chi connectivity index (χ2n) is 6.11. The number of phenols is 1. The van der Waals surface area contributed by atoms with Gasteiger partial charge in [-0.2, -0.15) is 10.1 Å². The van der Waals surface area contributed by atoms with Crippen molar-refractivity contribution >= 4 is 63.5 Å². The second kappa shape index (κ2) is 8.42. The Morgan fingerprint density at radius 1 is 1.34 bits per heavy atom. The highest BCUT2D eigenvalue weighted by Gasteiger charge is 2.29. The number of halogens is 2. The van der Waals surface area contributed by atoms with Crippen molar-refractivity contribution in [3.05, 3.63) is 55.6 Å². The third-order valence-corrected chi connectivity index (χ3v) is 5.30. The molecule has 1 amide bonds. The lowest BCUT2D eigenvalue weighted by atomic mass is 10.1. The number of nitrogens with zero attached hydrogens (tertiary/aromatic N) is 2. The van der Waals surface area contributed by atoms with Crippen molar-refractivity contribution in [2.24, 2.45) is 5.10 Å². The number of carboxylic acid groups (broad SMARTS) is 1. The van der Waals surface area contributed by atoms with Gasteiger partial charge in [0.2, 0.25) is 0 Å². The summed E-state index contributed by atoms with van der Waals surface area (Å²) in [5, 5.41) is 24.8. The van der Waals surface area contributed by atoms with E-state index in [1.54, 1.807) is 25.1 Å². The van der Waals surface area contributed by atoms with Gasteiger partial charge in [0.15, 0.2) is 11.5 Å². The van der Waals surface area contributed by atoms with Crippen LogP contribution in [0, 0.1) is 3.57 Å². The maximum Gasteiger partial charge on any atom is 0.337 e. The number of phenolic OH excluding ortho intramolecular Hbond substituents is 1. The molecular weight excluding hydrogens is 511 g/mol. The molecule has 1 aliphatic rings. The normalized spacial score (nSPS) is 15.0. The smallest absolute Gasteiger partial charge is 0.337 e. The number of amides is 1. The van der Waals surface area contributed by atoms with Crippen LogP contribution in [0.2, 0.25) is 5.02 Å². The Balaban J connectivity index is 1.99. The molecule has 0 aromatic heterocycles. The topological polar surface area (TPSA) is 99.4 Å². The first kappa shape index (κ1) is 21.1. The molecule has 29 heavy (non-hydrogen) atoms. The molecule has 0 spiro atoms. The number of anilines is 1. The second-order valence-corrected chi connectivity index (χ2v) is 7.68. The fourth-order valence-corrected chi connectivity index (χ4v) is 3.60. The Morgan fingerprint density at radius 2 is 2.07 bits per heavy atom. The number of benzene rings is 2.